The first kappa shape index (κ1) is 14.8. The fourth-order valence-electron chi connectivity index (χ4n) is 3.31. The molecule has 2 aliphatic carbocycles. The van der Waals surface area contributed by atoms with E-state index in [1.807, 2.05) is 7.05 Å². The third kappa shape index (κ3) is 3.85. The molecule has 0 spiro atoms. The number of halogens is 1. The number of rotatable bonds is 5. The Morgan fingerprint density at radius 1 is 1.35 bits per heavy atom. The van der Waals surface area contributed by atoms with Gasteiger partial charge in [0.25, 0.3) is 0 Å². The number of carbonyl (C=O) groups is 1. The summed E-state index contributed by atoms with van der Waals surface area (Å²) in [5.74, 6) is 2.74. The summed E-state index contributed by atoms with van der Waals surface area (Å²) < 4.78 is 0. The van der Waals surface area contributed by atoms with E-state index in [1.165, 1.54) is 25.7 Å². The molecular formula is C13H25ClN2O. The number of nitrogens with one attached hydrogen (secondary N) is 2. The van der Waals surface area contributed by atoms with Crippen LogP contribution >= 0.6 is 12.4 Å². The van der Waals surface area contributed by atoms with Crippen LogP contribution in [0.1, 0.15) is 39.0 Å². The quantitative estimate of drug-likeness (QED) is 0.794. The van der Waals surface area contributed by atoms with E-state index in [0.29, 0.717) is 12.0 Å². The number of carbonyl (C=O) groups excluding carboxylic acids is 1. The molecule has 1 amide bonds. The topological polar surface area (TPSA) is 41.1 Å². The zero-order valence-corrected chi connectivity index (χ0v) is 11.7. The van der Waals surface area contributed by atoms with Crippen molar-refractivity contribution in [3.05, 3.63) is 0 Å². The van der Waals surface area contributed by atoms with Crippen molar-refractivity contribution in [3.63, 3.8) is 0 Å². The van der Waals surface area contributed by atoms with E-state index in [2.05, 4.69) is 17.6 Å². The van der Waals surface area contributed by atoms with Crippen LogP contribution in [0.2, 0.25) is 0 Å². The summed E-state index contributed by atoms with van der Waals surface area (Å²) in [6, 6.07) is 0.365. The fraction of sp³-hybridized carbons (Fsp3) is 0.923. The number of hydrogen-bond acceptors (Lipinski definition) is 2. The molecule has 4 heteroatoms. The summed E-state index contributed by atoms with van der Waals surface area (Å²) in [6.45, 7) is 2.83. The summed E-state index contributed by atoms with van der Waals surface area (Å²) in [5.41, 5.74) is 0. The fourth-order valence-corrected chi connectivity index (χ4v) is 3.31. The largest absolute Gasteiger partial charge is 0.355 e. The first-order valence-corrected chi connectivity index (χ1v) is 6.63. The number of fused-ring (bicyclic) bond motifs is 2. The minimum Gasteiger partial charge on any atom is -0.355 e. The average molecular weight is 261 g/mol. The van der Waals surface area contributed by atoms with Crippen LogP contribution < -0.4 is 10.6 Å². The van der Waals surface area contributed by atoms with Crippen molar-refractivity contribution in [2.24, 2.45) is 17.8 Å². The van der Waals surface area contributed by atoms with E-state index < -0.39 is 0 Å². The molecule has 2 bridgehead atoms. The second-order valence-electron chi connectivity index (χ2n) is 5.63. The molecule has 0 aromatic carbocycles. The van der Waals surface area contributed by atoms with Crippen LogP contribution in [-0.4, -0.2) is 25.5 Å². The molecule has 2 saturated carbocycles. The third-order valence-electron chi connectivity index (χ3n) is 4.43. The van der Waals surface area contributed by atoms with E-state index >= 15 is 0 Å². The Balaban J connectivity index is 0.00000144. The molecule has 2 aliphatic rings. The average Bonchev–Trinajstić information content (AvgIpc) is 2.87. The molecule has 2 N–H and O–H groups in total. The summed E-state index contributed by atoms with van der Waals surface area (Å²) in [6.07, 6.45) is 6.25. The van der Waals surface area contributed by atoms with E-state index in [9.17, 15) is 4.79 Å². The maximum absolute atomic E-state index is 11.8. The molecule has 0 aromatic rings. The second-order valence-corrected chi connectivity index (χ2v) is 5.63. The molecule has 0 saturated heterocycles. The first-order chi connectivity index (χ1) is 7.69. The molecule has 17 heavy (non-hydrogen) atoms. The smallest absolute Gasteiger partial charge is 0.220 e. The van der Waals surface area contributed by atoms with Gasteiger partial charge >= 0.3 is 0 Å². The summed E-state index contributed by atoms with van der Waals surface area (Å²) in [5, 5.41) is 6.14. The minimum absolute atomic E-state index is 0. The molecule has 4 atom stereocenters. The molecule has 100 valence electrons. The first-order valence-electron chi connectivity index (χ1n) is 6.63. The number of amides is 1. The maximum Gasteiger partial charge on any atom is 0.220 e. The van der Waals surface area contributed by atoms with Gasteiger partial charge in [-0.25, -0.2) is 0 Å². The molecule has 2 rings (SSSR count). The lowest BCUT2D eigenvalue weighted by Crippen LogP contribution is -2.38. The van der Waals surface area contributed by atoms with Crippen LogP contribution in [0.5, 0.6) is 0 Å². The van der Waals surface area contributed by atoms with Gasteiger partial charge in [0.1, 0.15) is 0 Å². The van der Waals surface area contributed by atoms with E-state index in [1.54, 1.807) is 0 Å². The summed E-state index contributed by atoms with van der Waals surface area (Å²) >= 11 is 0. The van der Waals surface area contributed by atoms with Gasteiger partial charge in [-0.3, -0.25) is 4.79 Å². The molecule has 2 fully saturated rings. The van der Waals surface area contributed by atoms with Crippen LogP contribution in [0.4, 0.5) is 0 Å². The predicted octanol–water partition coefficient (Wildman–Crippen LogP) is 1.96. The number of likely N-dealkylation sites (N-methyl/N-ethyl adjacent to an activating group) is 1. The summed E-state index contributed by atoms with van der Waals surface area (Å²) in [4.78, 5) is 11.8. The Hall–Kier alpha value is -0.280. The molecule has 0 heterocycles. The zero-order valence-electron chi connectivity index (χ0n) is 10.9. The van der Waals surface area contributed by atoms with Gasteiger partial charge in [-0.2, -0.15) is 0 Å². The van der Waals surface area contributed by atoms with Crippen molar-refractivity contribution in [1.29, 1.82) is 0 Å². The lowest BCUT2D eigenvalue weighted by molar-refractivity contribution is -0.122. The molecule has 0 aliphatic heterocycles. The van der Waals surface area contributed by atoms with E-state index in [4.69, 9.17) is 0 Å². The van der Waals surface area contributed by atoms with Crippen molar-refractivity contribution in [2.45, 2.75) is 45.1 Å². The summed E-state index contributed by atoms with van der Waals surface area (Å²) in [7, 11) is 1.92. The Kier molecular flexibility index (Phi) is 5.74. The Morgan fingerprint density at radius 3 is 2.65 bits per heavy atom. The Labute approximate surface area is 111 Å². The SMILES string of the molecule is CNC(C)CNC(=O)CC1CC2CCC1C2.Cl. The van der Waals surface area contributed by atoms with Crippen molar-refractivity contribution in [2.75, 3.05) is 13.6 Å². The van der Waals surface area contributed by atoms with E-state index in [-0.39, 0.29) is 18.3 Å². The Bertz CT molecular complexity index is 260. The molecule has 0 radical (unpaired) electrons. The normalized spacial score (nSPS) is 32.0. The lowest BCUT2D eigenvalue weighted by atomic mass is 9.86. The van der Waals surface area contributed by atoms with Gasteiger partial charge in [-0.15, -0.1) is 12.4 Å². The van der Waals surface area contributed by atoms with Crippen LogP contribution in [0.25, 0.3) is 0 Å². The maximum atomic E-state index is 11.8. The monoisotopic (exact) mass is 260 g/mol. The van der Waals surface area contributed by atoms with Crippen LogP contribution in [0.15, 0.2) is 0 Å². The second kappa shape index (κ2) is 6.60. The Morgan fingerprint density at radius 2 is 2.12 bits per heavy atom. The highest BCUT2D eigenvalue weighted by molar-refractivity contribution is 5.85. The van der Waals surface area contributed by atoms with Crippen LogP contribution in [0, 0.1) is 17.8 Å². The van der Waals surface area contributed by atoms with Crippen molar-refractivity contribution >= 4 is 18.3 Å². The minimum atomic E-state index is 0. The third-order valence-corrected chi connectivity index (χ3v) is 4.43. The van der Waals surface area contributed by atoms with E-state index in [0.717, 1.165) is 24.8 Å². The van der Waals surface area contributed by atoms with Gasteiger partial charge in [0.2, 0.25) is 5.91 Å². The van der Waals surface area contributed by atoms with Crippen molar-refractivity contribution < 1.29 is 4.79 Å². The standard InChI is InChI=1S/C13H24N2O.ClH/c1-9(14-2)8-15-13(16)7-12-6-10-3-4-11(12)5-10;/h9-12,14H,3-8H2,1-2H3,(H,15,16);1H. The highest BCUT2D eigenvalue weighted by Crippen LogP contribution is 2.49. The van der Waals surface area contributed by atoms with Gasteiger partial charge in [0.05, 0.1) is 0 Å². The lowest BCUT2D eigenvalue weighted by Gasteiger charge is -2.21. The van der Waals surface area contributed by atoms with Gasteiger partial charge in [-0.1, -0.05) is 6.42 Å². The predicted molar refractivity (Wildman–Crippen MR) is 72.3 cm³/mol. The van der Waals surface area contributed by atoms with Crippen LogP contribution in [0.3, 0.4) is 0 Å². The van der Waals surface area contributed by atoms with Gasteiger partial charge in [-0.05, 0) is 51.0 Å². The van der Waals surface area contributed by atoms with Crippen molar-refractivity contribution in [1.82, 2.24) is 10.6 Å². The highest BCUT2D eigenvalue weighted by Gasteiger charge is 2.39. The molecular weight excluding hydrogens is 236 g/mol. The van der Waals surface area contributed by atoms with Crippen LogP contribution in [-0.2, 0) is 4.79 Å². The molecule has 3 nitrogen and oxygen atoms in total. The number of hydrogen-bond donors (Lipinski definition) is 2. The van der Waals surface area contributed by atoms with Crippen molar-refractivity contribution in [3.8, 4) is 0 Å². The van der Waals surface area contributed by atoms with Gasteiger partial charge in [0, 0.05) is 19.0 Å². The zero-order chi connectivity index (χ0) is 11.5. The molecule has 4 unspecified atom stereocenters. The molecule has 0 aromatic heterocycles. The highest BCUT2D eigenvalue weighted by atomic mass is 35.5. The van der Waals surface area contributed by atoms with Gasteiger partial charge < -0.3 is 10.6 Å². The van der Waals surface area contributed by atoms with Gasteiger partial charge in [0.15, 0.2) is 0 Å².